The van der Waals surface area contributed by atoms with E-state index in [1.54, 1.807) is 24.3 Å². The summed E-state index contributed by atoms with van der Waals surface area (Å²) in [5.41, 5.74) is 4.96. The van der Waals surface area contributed by atoms with Crippen molar-refractivity contribution in [3.63, 3.8) is 0 Å². The molecule has 3 aromatic rings. The van der Waals surface area contributed by atoms with Gasteiger partial charge in [-0.25, -0.2) is 0 Å². The van der Waals surface area contributed by atoms with Gasteiger partial charge in [-0.15, -0.1) is 0 Å². The lowest BCUT2D eigenvalue weighted by atomic mass is 10.1. The molecule has 156 valence electrons. The summed E-state index contributed by atoms with van der Waals surface area (Å²) < 4.78 is 10.7. The molecule has 1 aliphatic heterocycles. The van der Waals surface area contributed by atoms with Crippen LogP contribution in [0.1, 0.15) is 43.8 Å². The van der Waals surface area contributed by atoms with Gasteiger partial charge < -0.3 is 20.1 Å². The second-order valence-corrected chi connectivity index (χ2v) is 7.71. The van der Waals surface area contributed by atoms with Crippen molar-refractivity contribution in [2.75, 3.05) is 12.1 Å². The summed E-state index contributed by atoms with van der Waals surface area (Å²) >= 11 is 0. The molecule has 31 heavy (non-hydrogen) atoms. The summed E-state index contributed by atoms with van der Waals surface area (Å²) in [6.45, 7) is 0.547. The minimum atomic E-state index is -0.262. The summed E-state index contributed by atoms with van der Waals surface area (Å²) in [5, 5.41) is 5.80. The first-order chi connectivity index (χ1) is 15.2. The zero-order chi connectivity index (χ0) is 21.2. The number of fused-ring (bicyclic) bond motifs is 2. The fourth-order valence-electron chi connectivity index (χ4n) is 4.03. The Kier molecular flexibility index (Phi) is 5.04. The first-order valence-corrected chi connectivity index (χ1v) is 10.4. The molecule has 2 amide bonds. The van der Waals surface area contributed by atoms with Crippen molar-refractivity contribution in [2.45, 2.75) is 25.8 Å². The lowest BCUT2D eigenvalue weighted by Crippen LogP contribution is -2.25. The van der Waals surface area contributed by atoms with Crippen molar-refractivity contribution in [1.29, 1.82) is 0 Å². The van der Waals surface area contributed by atoms with E-state index in [2.05, 4.69) is 10.6 Å². The van der Waals surface area contributed by atoms with E-state index in [9.17, 15) is 9.59 Å². The Morgan fingerprint density at radius 1 is 0.839 bits per heavy atom. The molecule has 5 rings (SSSR count). The van der Waals surface area contributed by atoms with Crippen LogP contribution in [0.25, 0.3) is 0 Å². The molecule has 0 radical (unpaired) electrons. The lowest BCUT2D eigenvalue weighted by Gasteiger charge is -2.12. The molecule has 0 unspecified atom stereocenters. The number of aryl methyl sites for hydroxylation is 2. The molecule has 3 aromatic carbocycles. The van der Waals surface area contributed by atoms with E-state index in [1.807, 2.05) is 36.4 Å². The van der Waals surface area contributed by atoms with E-state index in [0.29, 0.717) is 34.9 Å². The summed E-state index contributed by atoms with van der Waals surface area (Å²) in [5.74, 6) is 0.900. The van der Waals surface area contributed by atoms with E-state index in [-0.39, 0.29) is 18.6 Å². The summed E-state index contributed by atoms with van der Waals surface area (Å²) in [7, 11) is 0. The van der Waals surface area contributed by atoms with Crippen molar-refractivity contribution < 1.29 is 19.1 Å². The van der Waals surface area contributed by atoms with Gasteiger partial charge in [0.25, 0.3) is 11.8 Å². The van der Waals surface area contributed by atoms with E-state index in [4.69, 9.17) is 9.47 Å². The molecule has 0 saturated carbocycles. The smallest absolute Gasteiger partial charge is 0.255 e. The molecule has 0 spiro atoms. The zero-order valence-electron chi connectivity index (χ0n) is 16.9. The summed E-state index contributed by atoms with van der Waals surface area (Å²) in [6, 6.07) is 18.4. The third-order valence-electron chi connectivity index (χ3n) is 5.67. The van der Waals surface area contributed by atoms with Crippen molar-refractivity contribution in [3.8, 4) is 11.5 Å². The Balaban J connectivity index is 1.28. The van der Waals surface area contributed by atoms with Crippen LogP contribution in [0.15, 0.2) is 60.7 Å². The fraction of sp³-hybridized carbons (Fsp3) is 0.200. The van der Waals surface area contributed by atoms with Gasteiger partial charge in [-0.05, 0) is 72.4 Å². The highest BCUT2D eigenvalue weighted by Gasteiger charge is 2.18. The second-order valence-electron chi connectivity index (χ2n) is 7.71. The number of ether oxygens (including phenoxy) is 2. The van der Waals surface area contributed by atoms with Crippen LogP contribution in [0.4, 0.5) is 5.69 Å². The van der Waals surface area contributed by atoms with E-state index < -0.39 is 0 Å². The molecule has 0 aromatic heterocycles. The van der Waals surface area contributed by atoms with Crippen LogP contribution in [0.3, 0.4) is 0 Å². The van der Waals surface area contributed by atoms with Crippen LogP contribution in [0.2, 0.25) is 0 Å². The van der Waals surface area contributed by atoms with E-state index >= 15 is 0 Å². The van der Waals surface area contributed by atoms with Gasteiger partial charge in [-0.1, -0.05) is 24.3 Å². The number of amides is 2. The highest BCUT2D eigenvalue weighted by atomic mass is 16.7. The van der Waals surface area contributed by atoms with Gasteiger partial charge in [0.1, 0.15) is 0 Å². The van der Waals surface area contributed by atoms with Crippen molar-refractivity contribution in [1.82, 2.24) is 5.32 Å². The first kappa shape index (κ1) is 19.2. The zero-order valence-corrected chi connectivity index (χ0v) is 16.9. The quantitative estimate of drug-likeness (QED) is 0.659. The monoisotopic (exact) mass is 414 g/mol. The molecule has 1 heterocycles. The molecule has 2 N–H and O–H groups in total. The van der Waals surface area contributed by atoms with Gasteiger partial charge in [-0.3, -0.25) is 9.59 Å². The van der Waals surface area contributed by atoms with Gasteiger partial charge in [0.05, 0.1) is 11.3 Å². The van der Waals surface area contributed by atoms with Crippen LogP contribution < -0.4 is 20.1 Å². The second kappa shape index (κ2) is 8.14. The molecule has 6 heteroatoms. The maximum atomic E-state index is 12.8. The number of hydrogen-bond acceptors (Lipinski definition) is 4. The number of anilines is 1. The number of rotatable bonds is 5. The first-order valence-electron chi connectivity index (χ1n) is 10.4. The van der Waals surface area contributed by atoms with Crippen molar-refractivity contribution in [2.24, 2.45) is 0 Å². The van der Waals surface area contributed by atoms with Gasteiger partial charge >= 0.3 is 0 Å². The Morgan fingerprint density at radius 2 is 1.68 bits per heavy atom. The van der Waals surface area contributed by atoms with Crippen LogP contribution in [0.5, 0.6) is 11.5 Å². The van der Waals surface area contributed by atoms with E-state index in [1.165, 1.54) is 11.1 Å². The Hall–Kier alpha value is -3.80. The van der Waals surface area contributed by atoms with Crippen LogP contribution in [0, 0.1) is 0 Å². The summed E-state index contributed by atoms with van der Waals surface area (Å²) in [6.07, 6.45) is 3.21. The Labute approximate surface area is 180 Å². The number of benzene rings is 3. The molecular formula is C25H22N2O4. The third-order valence-corrected chi connectivity index (χ3v) is 5.67. The van der Waals surface area contributed by atoms with Gasteiger partial charge in [0.15, 0.2) is 11.5 Å². The molecule has 2 aliphatic rings. The molecule has 0 bridgehead atoms. The maximum absolute atomic E-state index is 12.8. The largest absolute Gasteiger partial charge is 0.454 e. The van der Waals surface area contributed by atoms with Crippen LogP contribution in [-0.4, -0.2) is 18.6 Å². The van der Waals surface area contributed by atoms with Crippen LogP contribution in [-0.2, 0) is 19.4 Å². The number of para-hydroxylation sites is 1. The highest BCUT2D eigenvalue weighted by Crippen LogP contribution is 2.32. The van der Waals surface area contributed by atoms with Gasteiger partial charge in [0.2, 0.25) is 6.79 Å². The third kappa shape index (κ3) is 3.97. The predicted molar refractivity (Wildman–Crippen MR) is 117 cm³/mol. The number of carbonyl (C=O) groups excluding carboxylic acids is 2. The highest BCUT2D eigenvalue weighted by molar-refractivity contribution is 6.09. The standard InChI is InChI=1S/C25H22N2O4/c28-24(19-10-9-17-4-3-5-18(17)13-19)27-21-7-2-1-6-20(21)25(29)26-14-16-8-11-22-23(12-16)31-15-30-22/h1-2,6-13H,3-5,14-15H2,(H,26,29)(H,27,28). The fourth-order valence-corrected chi connectivity index (χ4v) is 4.03. The van der Waals surface area contributed by atoms with Crippen molar-refractivity contribution in [3.05, 3.63) is 88.5 Å². The number of hydrogen-bond donors (Lipinski definition) is 2. The molecular weight excluding hydrogens is 392 g/mol. The number of nitrogens with one attached hydrogen (secondary N) is 2. The average molecular weight is 414 g/mol. The van der Waals surface area contributed by atoms with Gasteiger partial charge in [0, 0.05) is 12.1 Å². The Morgan fingerprint density at radius 3 is 2.61 bits per heavy atom. The van der Waals surface area contributed by atoms with Crippen molar-refractivity contribution >= 4 is 17.5 Å². The summed E-state index contributed by atoms with van der Waals surface area (Å²) in [4.78, 5) is 25.6. The molecule has 0 atom stereocenters. The average Bonchev–Trinajstić information content (AvgIpc) is 3.46. The SMILES string of the molecule is O=C(Nc1ccccc1C(=O)NCc1ccc2c(c1)OCO2)c1ccc2c(c1)CCC2. The van der Waals surface area contributed by atoms with E-state index in [0.717, 1.165) is 24.8 Å². The predicted octanol–water partition coefficient (Wildman–Crippen LogP) is 4.09. The van der Waals surface area contributed by atoms with Gasteiger partial charge in [-0.2, -0.15) is 0 Å². The molecule has 0 saturated heterocycles. The number of carbonyl (C=O) groups is 2. The van der Waals surface area contributed by atoms with Crippen LogP contribution >= 0.6 is 0 Å². The normalized spacial score (nSPS) is 13.5. The minimum Gasteiger partial charge on any atom is -0.454 e. The maximum Gasteiger partial charge on any atom is 0.255 e. The topological polar surface area (TPSA) is 76.7 Å². The molecule has 1 aliphatic carbocycles. The minimum absolute atomic E-state index is 0.211. The lowest BCUT2D eigenvalue weighted by molar-refractivity contribution is 0.0951. The molecule has 0 fully saturated rings. The Bertz CT molecular complexity index is 1170. The molecule has 6 nitrogen and oxygen atoms in total.